The second-order valence-corrected chi connectivity index (χ2v) is 6.50. The number of carbonyl (C=O) groups is 1. The van der Waals surface area contributed by atoms with Crippen LogP contribution in [0.4, 0.5) is 0 Å². The van der Waals surface area contributed by atoms with Crippen LogP contribution in [0.2, 0.25) is 0 Å². The van der Waals surface area contributed by atoms with Crippen molar-refractivity contribution in [2.75, 3.05) is 0 Å². The molecule has 1 nitrogen and oxygen atoms in total. The maximum atomic E-state index is 13.0. The fraction of sp³-hybridized carbons (Fsp3) is 0.174. The number of benzene rings is 3. The molecule has 0 aliphatic heterocycles. The number of hydrogen-bond acceptors (Lipinski definition) is 1. The number of carbonyl (C=O) groups excluding carboxylic acids is 1. The van der Waals surface area contributed by atoms with Crippen LogP contribution >= 0.6 is 0 Å². The first-order chi connectivity index (χ1) is 11.8. The molecule has 0 spiro atoms. The Morgan fingerprint density at radius 2 is 1.21 bits per heavy atom. The first-order valence-electron chi connectivity index (χ1n) is 8.59. The van der Waals surface area contributed by atoms with Crippen molar-refractivity contribution in [3.05, 3.63) is 106 Å². The van der Waals surface area contributed by atoms with Gasteiger partial charge in [-0.05, 0) is 54.0 Å². The third-order valence-corrected chi connectivity index (χ3v) is 4.86. The van der Waals surface area contributed by atoms with E-state index in [1.54, 1.807) is 0 Å². The standard InChI is InChI=1S/C23H20O/c24-23(21-4-2-1-3-5-21)22-16-19-11-10-17-6-8-18(9-7-17)12-14-20(22)15-13-19/h1-9,13,15-16H,10-12,14H2. The fourth-order valence-corrected chi connectivity index (χ4v) is 3.39. The smallest absolute Gasteiger partial charge is 0.193 e. The molecule has 118 valence electrons. The third-order valence-electron chi connectivity index (χ3n) is 4.86. The number of aryl methyl sites for hydroxylation is 4. The lowest BCUT2D eigenvalue weighted by molar-refractivity contribution is 0.103. The van der Waals surface area contributed by atoms with Crippen LogP contribution in [0.3, 0.4) is 0 Å². The van der Waals surface area contributed by atoms with Crippen molar-refractivity contribution in [3.8, 4) is 0 Å². The summed E-state index contributed by atoms with van der Waals surface area (Å²) in [5.41, 5.74) is 6.72. The zero-order valence-electron chi connectivity index (χ0n) is 13.7. The van der Waals surface area contributed by atoms with E-state index in [-0.39, 0.29) is 5.78 Å². The summed E-state index contributed by atoms with van der Waals surface area (Å²) in [6, 6.07) is 25.0. The Bertz CT molecular complexity index is 860. The topological polar surface area (TPSA) is 17.1 Å². The van der Waals surface area contributed by atoms with E-state index in [0.29, 0.717) is 0 Å². The van der Waals surface area contributed by atoms with Crippen LogP contribution < -0.4 is 0 Å². The predicted molar refractivity (Wildman–Crippen MR) is 97.6 cm³/mol. The first-order valence-corrected chi connectivity index (χ1v) is 8.59. The fourth-order valence-electron chi connectivity index (χ4n) is 3.39. The molecule has 0 aromatic heterocycles. The molecule has 4 aliphatic rings. The Kier molecular flexibility index (Phi) is 4.00. The van der Waals surface area contributed by atoms with E-state index in [2.05, 4.69) is 42.5 Å². The summed E-state index contributed by atoms with van der Waals surface area (Å²) in [6.45, 7) is 0. The molecule has 0 saturated heterocycles. The van der Waals surface area contributed by atoms with Gasteiger partial charge in [0.05, 0.1) is 0 Å². The van der Waals surface area contributed by atoms with Crippen molar-refractivity contribution in [1.29, 1.82) is 0 Å². The second kappa shape index (κ2) is 6.45. The minimum atomic E-state index is 0.137. The lowest BCUT2D eigenvalue weighted by Crippen LogP contribution is -2.08. The average molecular weight is 312 g/mol. The van der Waals surface area contributed by atoms with Crippen molar-refractivity contribution >= 4 is 5.78 Å². The maximum absolute atomic E-state index is 13.0. The summed E-state index contributed by atoms with van der Waals surface area (Å²) in [4.78, 5) is 13.0. The highest BCUT2D eigenvalue weighted by atomic mass is 16.1. The van der Waals surface area contributed by atoms with E-state index in [0.717, 1.165) is 42.4 Å². The normalized spacial score (nSPS) is 13.3. The quantitative estimate of drug-likeness (QED) is 0.621. The second-order valence-electron chi connectivity index (χ2n) is 6.50. The summed E-state index contributed by atoms with van der Waals surface area (Å²) < 4.78 is 0. The van der Waals surface area contributed by atoms with E-state index >= 15 is 0 Å². The molecular weight excluding hydrogens is 292 g/mol. The summed E-state index contributed by atoms with van der Waals surface area (Å²) in [6.07, 6.45) is 3.84. The van der Waals surface area contributed by atoms with Crippen molar-refractivity contribution in [3.63, 3.8) is 0 Å². The summed E-state index contributed by atoms with van der Waals surface area (Å²) in [5.74, 6) is 0.137. The van der Waals surface area contributed by atoms with Crippen LogP contribution in [-0.2, 0) is 25.7 Å². The van der Waals surface area contributed by atoms with Crippen LogP contribution in [0.1, 0.15) is 38.2 Å². The Morgan fingerprint density at radius 3 is 1.92 bits per heavy atom. The van der Waals surface area contributed by atoms with Crippen LogP contribution in [0, 0.1) is 0 Å². The minimum absolute atomic E-state index is 0.137. The van der Waals surface area contributed by atoms with Crippen molar-refractivity contribution in [2.45, 2.75) is 25.7 Å². The van der Waals surface area contributed by atoms with Crippen LogP contribution in [0.5, 0.6) is 0 Å². The van der Waals surface area contributed by atoms with Gasteiger partial charge in [0, 0.05) is 11.1 Å². The van der Waals surface area contributed by atoms with Crippen molar-refractivity contribution < 1.29 is 4.79 Å². The molecule has 0 atom stereocenters. The largest absolute Gasteiger partial charge is 0.289 e. The molecule has 0 saturated carbocycles. The summed E-state index contributed by atoms with van der Waals surface area (Å²) >= 11 is 0. The molecule has 0 heterocycles. The number of rotatable bonds is 2. The first kappa shape index (κ1) is 14.9. The molecular formula is C23H20O. The molecule has 4 aliphatic carbocycles. The highest BCUT2D eigenvalue weighted by molar-refractivity contribution is 6.10. The number of hydrogen-bond donors (Lipinski definition) is 0. The molecule has 0 fully saturated rings. The van der Waals surface area contributed by atoms with Gasteiger partial charge in [0.2, 0.25) is 0 Å². The molecule has 0 unspecified atom stereocenters. The van der Waals surface area contributed by atoms with Crippen LogP contribution in [0.25, 0.3) is 0 Å². The van der Waals surface area contributed by atoms with E-state index in [4.69, 9.17) is 0 Å². The molecule has 3 aromatic carbocycles. The van der Waals surface area contributed by atoms with Gasteiger partial charge in [-0.1, -0.05) is 66.7 Å². The Labute approximate surface area is 143 Å². The van der Waals surface area contributed by atoms with Gasteiger partial charge in [-0.25, -0.2) is 0 Å². The van der Waals surface area contributed by atoms with E-state index < -0.39 is 0 Å². The highest BCUT2D eigenvalue weighted by Crippen LogP contribution is 2.21. The van der Waals surface area contributed by atoms with Crippen LogP contribution in [-0.4, -0.2) is 5.78 Å². The summed E-state index contributed by atoms with van der Waals surface area (Å²) in [5, 5.41) is 0. The Hall–Kier alpha value is -2.67. The lowest BCUT2D eigenvalue weighted by Gasteiger charge is -2.14. The predicted octanol–water partition coefficient (Wildman–Crippen LogP) is 4.80. The van der Waals surface area contributed by atoms with Gasteiger partial charge in [0.1, 0.15) is 0 Å². The molecule has 1 heteroatoms. The molecule has 0 N–H and O–H groups in total. The lowest BCUT2D eigenvalue weighted by atomic mass is 9.90. The van der Waals surface area contributed by atoms with Gasteiger partial charge in [0.25, 0.3) is 0 Å². The molecule has 24 heavy (non-hydrogen) atoms. The van der Waals surface area contributed by atoms with Gasteiger partial charge >= 0.3 is 0 Å². The molecule has 7 rings (SSSR count). The van der Waals surface area contributed by atoms with Gasteiger partial charge in [0.15, 0.2) is 5.78 Å². The summed E-state index contributed by atoms with van der Waals surface area (Å²) in [7, 11) is 0. The molecule has 3 aromatic rings. The third kappa shape index (κ3) is 3.03. The van der Waals surface area contributed by atoms with Gasteiger partial charge in [-0.15, -0.1) is 0 Å². The number of ketones is 1. The Morgan fingerprint density at radius 1 is 0.625 bits per heavy atom. The molecule has 0 radical (unpaired) electrons. The molecule has 4 bridgehead atoms. The average Bonchev–Trinajstić information content (AvgIpc) is 2.64. The SMILES string of the molecule is O=C(c1ccccc1)c1cc2ccc1CCc1ccc(cc1)CC2. The van der Waals surface area contributed by atoms with Gasteiger partial charge < -0.3 is 0 Å². The van der Waals surface area contributed by atoms with E-state index in [1.807, 2.05) is 30.3 Å². The van der Waals surface area contributed by atoms with E-state index in [1.165, 1.54) is 16.7 Å². The van der Waals surface area contributed by atoms with Crippen molar-refractivity contribution in [2.24, 2.45) is 0 Å². The van der Waals surface area contributed by atoms with E-state index in [9.17, 15) is 4.79 Å². The Balaban J connectivity index is 1.75. The minimum Gasteiger partial charge on any atom is -0.289 e. The zero-order chi connectivity index (χ0) is 16.4. The van der Waals surface area contributed by atoms with Crippen molar-refractivity contribution in [1.82, 2.24) is 0 Å². The van der Waals surface area contributed by atoms with Crippen LogP contribution in [0.15, 0.2) is 72.8 Å². The van der Waals surface area contributed by atoms with Gasteiger partial charge in [-0.3, -0.25) is 4.79 Å². The highest BCUT2D eigenvalue weighted by Gasteiger charge is 2.15. The zero-order valence-corrected chi connectivity index (χ0v) is 13.7. The maximum Gasteiger partial charge on any atom is 0.193 e. The van der Waals surface area contributed by atoms with Gasteiger partial charge in [-0.2, -0.15) is 0 Å². The molecule has 0 amide bonds. The monoisotopic (exact) mass is 312 g/mol.